The van der Waals surface area contributed by atoms with E-state index in [0.717, 1.165) is 0 Å². The molecule has 0 aliphatic carbocycles. The molecule has 0 aromatic carbocycles. The average Bonchev–Trinajstić information content (AvgIpc) is 2.31. The Kier molecular flexibility index (Phi) is 4.27. The van der Waals surface area contributed by atoms with E-state index in [2.05, 4.69) is 0 Å². The molecular weight excluding hydrogens is 270 g/mol. The fourth-order valence-corrected chi connectivity index (χ4v) is 1.52. The Labute approximate surface area is 75.6 Å². The second kappa shape index (κ2) is 4.74. The lowest BCUT2D eigenvalue weighted by Gasteiger charge is -2.05. The first-order valence-corrected chi connectivity index (χ1v) is 6.27. The van der Waals surface area contributed by atoms with Crippen LogP contribution in [0.25, 0.3) is 0 Å². The van der Waals surface area contributed by atoms with E-state index in [-0.39, 0.29) is 12.7 Å². The highest BCUT2D eigenvalue weighted by Gasteiger charge is 2.24. The lowest BCUT2D eigenvalue weighted by atomic mass is 10.2. The van der Waals surface area contributed by atoms with Crippen molar-refractivity contribution in [2.75, 3.05) is 13.2 Å². The Balaban J connectivity index is 2.06. The lowest BCUT2D eigenvalue weighted by molar-refractivity contribution is 0.0717. The SMILES string of the molecule is FC1COC(COSI)C1. The minimum Gasteiger partial charge on any atom is -0.373 e. The van der Waals surface area contributed by atoms with Gasteiger partial charge in [-0.3, -0.25) is 0 Å². The molecule has 0 saturated carbocycles. The number of hydrogen-bond acceptors (Lipinski definition) is 3. The van der Waals surface area contributed by atoms with Crippen LogP contribution in [-0.2, 0) is 8.92 Å². The van der Waals surface area contributed by atoms with Gasteiger partial charge in [0.05, 0.1) is 28.5 Å². The van der Waals surface area contributed by atoms with E-state index < -0.39 is 6.17 Å². The zero-order valence-electron chi connectivity index (χ0n) is 5.26. The van der Waals surface area contributed by atoms with Gasteiger partial charge in [0.2, 0.25) is 0 Å². The van der Waals surface area contributed by atoms with E-state index in [0.29, 0.717) is 13.0 Å². The molecule has 1 fully saturated rings. The molecule has 1 rings (SSSR count). The van der Waals surface area contributed by atoms with Crippen LogP contribution >= 0.6 is 30.4 Å². The Morgan fingerprint density at radius 1 is 1.80 bits per heavy atom. The van der Waals surface area contributed by atoms with Gasteiger partial charge in [-0.25, -0.2) is 4.39 Å². The van der Waals surface area contributed by atoms with Crippen molar-refractivity contribution in [3.8, 4) is 0 Å². The summed E-state index contributed by atoms with van der Waals surface area (Å²) in [4.78, 5) is 0. The fourth-order valence-electron chi connectivity index (χ4n) is 0.880. The summed E-state index contributed by atoms with van der Waals surface area (Å²) in [6, 6.07) is 0. The van der Waals surface area contributed by atoms with Crippen LogP contribution < -0.4 is 0 Å². The Morgan fingerprint density at radius 2 is 2.60 bits per heavy atom. The van der Waals surface area contributed by atoms with Crippen molar-refractivity contribution < 1.29 is 13.3 Å². The maximum absolute atomic E-state index is 12.4. The molecule has 0 aromatic heterocycles. The van der Waals surface area contributed by atoms with Crippen LogP contribution in [0, 0.1) is 0 Å². The number of ether oxygens (including phenoxy) is 1. The highest BCUT2D eigenvalue weighted by atomic mass is 127. The summed E-state index contributed by atoms with van der Waals surface area (Å²) >= 11 is 2.02. The second-order valence-electron chi connectivity index (χ2n) is 2.14. The third kappa shape index (κ3) is 2.89. The van der Waals surface area contributed by atoms with Gasteiger partial charge in [0.25, 0.3) is 0 Å². The van der Waals surface area contributed by atoms with Gasteiger partial charge in [-0.1, -0.05) is 0 Å². The molecule has 0 amide bonds. The van der Waals surface area contributed by atoms with Crippen LogP contribution in [0.2, 0.25) is 0 Å². The molecule has 0 spiro atoms. The maximum atomic E-state index is 12.4. The fraction of sp³-hybridized carbons (Fsp3) is 1.00. The van der Waals surface area contributed by atoms with Crippen LogP contribution in [0.15, 0.2) is 0 Å². The van der Waals surface area contributed by atoms with Gasteiger partial charge in [-0.05, 0) is 0 Å². The van der Waals surface area contributed by atoms with Crippen molar-refractivity contribution in [1.82, 2.24) is 0 Å². The topological polar surface area (TPSA) is 18.5 Å². The quantitative estimate of drug-likeness (QED) is 0.582. The Bertz CT molecular complexity index is 106. The van der Waals surface area contributed by atoms with Gasteiger partial charge < -0.3 is 8.92 Å². The number of alkyl halides is 1. The third-order valence-electron chi connectivity index (χ3n) is 1.33. The summed E-state index contributed by atoms with van der Waals surface area (Å²) in [5.41, 5.74) is 0. The molecule has 0 bridgehead atoms. The molecule has 1 heterocycles. The summed E-state index contributed by atoms with van der Waals surface area (Å²) in [6.45, 7) is 0.730. The van der Waals surface area contributed by atoms with E-state index in [1.165, 1.54) is 9.21 Å². The first-order chi connectivity index (χ1) is 4.83. The molecule has 2 atom stereocenters. The average molecular weight is 278 g/mol. The van der Waals surface area contributed by atoms with Crippen molar-refractivity contribution in [1.29, 1.82) is 0 Å². The van der Waals surface area contributed by atoms with Crippen molar-refractivity contribution in [3.63, 3.8) is 0 Å². The molecule has 10 heavy (non-hydrogen) atoms. The van der Waals surface area contributed by atoms with Crippen LogP contribution in [0.3, 0.4) is 0 Å². The standard InChI is InChI=1S/C5H8FIO2S/c6-4-1-5(8-2-4)3-9-10-7/h4-5H,1-3H2. The first-order valence-electron chi connectivity index (χ1n) is 2.99. The molecule has 1 saturated heterocycles. The van der Waals surface area contributed by atoms with Gasteiger partial charge in [0.15, 0.2) is 0 Å². The van der Waals surface area contributed by atoms with Crippen LogP contribution in [0.4, 0.5) is 4.39 Å². The first kappa shape index (κ1) is 9.02. The molecule has 0 radical (unpaired) electrons. The molecule has 1 aliphatic heterocycles. The second-order valence-corrected chi connectivity index (χ2v) is 3.58. The molecule has 5 heteroatoms. The van der Waals surface area contributed by atoms with Gasteiger partial charge in [-0.15, -0.1) is 0 Å². The molecule has 0 N–H and O–H groups in total. The molecule has 1 aliphatic rings. The molecular formula is C5H8FIO2S. The highest BCUT2D eigenvalue weighted by Crippen LogP contribution is 2.20. The van der Waals surface area contributed by atoms with Gasteiger partial charge in [0, 0.05) is 27.6 Å². The monoisotopic (exact) mass is 278 g/mol. The zero-order chi connectivity index (χ0) is 7.40. The summed E-state index contributed by atoms with van der Waals surface area (Å²) < 4.78 is 22.4. The van der Waals surface area contributed by atoms with E-state index in [9.17, 15) is 4.39 Å². The summed E-state index contributed by atoms with van der Waals surface area (Å²) in [6.07, 6.45) is -0.331. The minimum atomic E-state index is -0.784. The van der Waals surface area contributed by atoms with E-state index >= 15 is 0 Å². The van der Waals surface area contributed by atoms with Crippen LogP contribution in [0.1, 0.15) is 6.42 Å². The minimum absolute atomic E-state index is 0.0303. The predicted molar refractivity (Wildman–Crippen MR) is 46.8 cm³/mol. The Hall–Kier alpha value is 0.930. The Morgan fingerprint density at radius 3 is 3.10 bits per heavy atom. The van der Waals surface area contributed by atoms with Crippen molar-refractivity contribution >= 4 is 30.4 Å². The van der Waals surface area contributed by atoms with Gasteiger partial charge in [-0.2, -0.15) is 0 Å². The smallest absolute Gasteiger partial charge is 0.126 e. The summed E-state index contributed by atoms with van der Waals surface area (Å²) in [5, 5.41) is 0. The van der Waals surface area contributed by atoms with Crippen molar-refractivity contribution in [3.05, 3.63) is 0 Å². The number of hydrogen-bond donors (Lipinski definition) is 0. The van der Waals surface area contributed by atoms with Gasteiger partial charge >= 0.3 is 0 Å². The highest BCUT2D eigenvalue weighted by molar-refractivity contribution is 14.2. The predicted octanol–water partition coefficient (Wildman–Crippen LogP) is 2.13. The molecule has 60 valence electrons. The normalized spacial score (nSPS) is 33.0. The molecule has 2 unspecified atom stereocenters. The third-order valence-corrected chi connectivity index (χ3v) is 2.32. The van der Waals surface area contributed by atoms with Crippen molar-refractivity contribution in [2.45, 2.75) is 18.7 Å². The number of rotatable bonds is 3. The lowest BCUT2D eigenvalue weighted by Crippen LogP contribution is -2.11. The van der Waals surface area contributed by atoms with Crippen LogP contribution in [0.5, 0.6) is 0 Å². The summed E-state index contributed by atoms with van der Waals surface area (Å²) in [7, 11) is 1.26. The summed E-state index contributed by atoms with van der Waals surface area (Å²) in [5.74, 6) is 0. The van der Waals surface area contributed by atoms with E-state index in [4.69, 9.17) is 8.92 Å². The van der Waals surface area contributed by atoms with Crippen LogP contribution in [-0.4, -0.2) is 25.5 Å². The van der Waals surface area contributed by atoms with Gasteiger partial charge in [0.1, 0.15) is 6.17 Å². The molecule has 2 nitrogen and oxygen atoms in total. The maximum Gasteiger partial charge on any atom is 0.126 e. The van der Waals surface area contributed by atoms with Crippen molar-refractivity contribution in [2.24, 2.45) is 0 Å². The molecule has 0 aromatic rings. The largest absolute Gasteiger partial charge is 0.373 e. The number of halogens is 2. The van der Waals surface area contributed by atoms with E-state index in [1.807, 2.05) is 21.2 Å². The zero-order valence-corrected chi connectivity index (χ0v) is 8.23. The van der Waals surface area contributed by atoms with E-state index in [1.54, 1.807) is 0 Å².